The number of sulfone groups is 1. The van der Waals surface area contributed by atoms with Gasteiger partial charge in [-0.2, -0.15) is 0 Å². The number of carboxylic acids is 1. The van der Waals surface area contributed by atoms with Gasteiger partial charge in [-0.15, -0.1) is 0 Å². The summed E-state index contributed by atoms with van der Waals surface area (Å²) in [5.41, 5.74) is 0.590. The van der Waals surface area contributed by atoms with Gasteiger partial charge in [-0.1, -0.05) is 18.2 Å². The highest BCUT2D eigenvalue weighted by Crippen LogP contribution is 2.20. The first kappa shape index (κ1) is 11.7. The highest BCUT2D eigenvalue weighted by molar-refractivity contribution is 7.89. The predicted octanol–water partition coefficient (Wildman–Crippen LogP) is 1.34. The molecule has 5 nitrogen and oxygen atoms in total. The van der Waals surface area contributed by atoms with Crippen molar-refractivity contribution in [3.63, 3.8) is 0 Å². The Hall–Kier alpha value is -1.82. The Morgan fingerprint density at radius 1 is 1.35 bits per heavy atom. The molecule has 0 spiro atoms. The minimum atomic E-state index is -3.29. The number of aromatic nitrogens is 1. The highest BCUT2D eigenvalue weighted by Gasteiger charge is 2.17. The molecule has 1 N–H and O–H groups in total. The molecule has 0 radical (unpaired) electrons. The van der Waals surface area contributed by atoms with Gasteiger partial charge < -0.3 is 9.67 Å². The average molecular weight is 253 g/mol. The molecule has 0 fully saturated rings. The van der Waals surface area contributed by atoms with Crippen molar-refractivity contribution in [2.24, 2.45) is 0 Å². The number of benzene rings is 1. The van der Waals surface area contributed by atoms with Crippen LogP contribution in [0.3, 0.4) is 0 Å². The number of para-hydroxylation sites is 1. The molecule has 0 amide bonds. The zero-order chi connectivity index (χ0) is 12.6. The average Bonchev–Trinajstić information content (AvgIpc) is 2.55. The monoisotopic (exact) mass is 253 g/mol. The van der Waals surface area contributed by atoms with Crippen LogP contribution in [0.5, 0.6) is 0 Å². The van der Waals surface area contributed by atoms with Crippen molar-refractivity contribution in [2.45, 2.75) is 5.88 Å². The third-order valence-corrected chi connectivity index (χ3v) is 3.12. The number of carboxylic acid groups (broad SMARTS) is 1. The second kappa shape index (κ2) is 3.89. The maximum absolute atomic E-state index is 11.3. The topological polar surface area (TPSA) is 76.4 Å². The smallest absolute Gasteiger partial charge is 0.352 e. The van der Waals surface area contributed by atoms with E-state index in [2.05, 4.69) is 0 Å². The predicted molar refractivity (Wildman–Crippen MR) is 63.7 cm³/mol. The number of carbonyl (C=O) groups is 1. The van der Waals surface area contributed by atoms with Gasteiger partial charge in [0, 0.05) is 17.2 Å². The summed E-state index contributed by atoms with van der Waals surface area (Å²) >= 11 is 0. The lowest BCUT2D eigenvalue weighted by Gasteiger charge is -2.06. The number of fused-ring (bicyclic) bond motifs is 1. The normalized spacial score (nSPS) is 11.8. The molecule has 17 heavy (non-hydrogen) atoms. The van der Waals surface area contributed by atoms with Gasteiger partial charge >= 0.3 is 5.97 Å². The first-order chi connectivity index (χ1) is 7.88. The summed E-state index contributed by atoms with van der Waals surface area (Å²) in [6, 6.07) is 8.45. The lowest BCUT2D eigenvalue weighted by molar-refractivity contribution is 0.0687. The Morgan fingerprint density at radius 2 is 2.00 bits per heavy atom. The molecule has 1 aromatic heterocycles. The van der Waals surface area contributed by atoms with E-state index >= 15 is 0 Å². The first-order valence-electron chi connectivity index (χ1n) is 4.88. The van der Waals surface area contributed by atoms with Crippen molar-refractivity contribution in [1.29, 1.82) is 0 Å². The van der Waals surface area contributed by atoms with E-state index in [-0.39, 0.29) is 11.6 Å². The molecule has 0 aliphatic rings. The van der Waals surface area contributed by atoms with Crippen LogP contribution in [-0.2, 0) is 15.7 Å². The Kier molecular flexibility index (Phi) is 2.66. The lowest BCUT2D eigenvalue weighted by atomic mass is 10.2. The lowest BCUT2D eigenvalue weighted by Crippen LogP contribution is -2.14. The van der Waals surface area contributed by atoms with Gasteiger partial charge in [-0.3, -0.25) is 0 Å². The van der Waals surface area contributed by atoms with Gasteiger partial charge in [0.15, 0.2) is 9.84 Å². The maximum atomic E-state index is 11.3. The van der Waals surface area contributed by atoms with Crippen molar-refractivity contribution in [1.82, 2.24) is 4.57 Å². The summed E-state index contributed by atoms with van der Waals surface area (Å²) in [4.78, 5) is 11.1. The third kappa shape index (κ3) is 2.31. The van der Waals surface area contributed by atoms with Gasteiger partial charge in [0.2, 0.25) is 0 Å². The first-order valence-corrected chi connectivity index (χ1v) is 6.94. The minimum Gasteiger partial charge on any atom is -0.477 e. The molecule has 90 valence electrons. The van der Waals surface area contributed by atoms with Gasteiger partial charge in [0.25, 0.3) is 0 Å². The number of rotatable bonds is 3. The van der Waals surface area contributed by atoms with Crippen molar-refractivity contribution in [3.05, 3.63) is 36.0 Å². The van der Waals surface area contributed by atoms with Crippen LogP contribution >= 0.6 is 0 Å². The van der Waals surface area contributed by atoms with E-state index in [4.69, 9.17) is 5.11 Å². The molecule has 0 unspecified atom stereocenters. The summed E-state index contributed by atoms with van der Waals surface area (Å²) < 4.78 is 23.9. The van der Waals surface area contributed by atoms with E-state index in [9.17, 15) is 13.2 Å². The molecule has 6 heteroatoms. The van der Waals surface area contributed by atoms with Crippen LogP contribution in [0.4, 0.5) is 0 Å². The van der Waals surface area contributed by atoms with Crippen LogP contribution in [0.15, 0.2) is 30.3 Å². The number of aromatic carboxylic acids is 1. The van der Waals surface area contributed by atoms with Crippen LogP contribution in [0.1, 0.15) is 10.5 Å². The van der Waals surface area contributed by atoms with Gasteiger partial charge in [-0.25, -0.2) is 13.2 Å². The Bertz CT molecular complexity index is 685. The van der Waals surface area contributed by atoms with Crippen LogP contribution < -0.4 is 0 Å². The summed E-state index contributed by atoms with van der Waals surface area (Å²) in [6.07, 6.45) is 1.08. The fourth-order valence-corrected chi connectivity index (χ4v) is 2.51. The molecule has 0 aliphatic heterocycles. The van der Waals surface area contributed by atoms with Crippen LogP contribution in [0.2, 0.25) is 0 Å². The molecular weight excluding hydrogens is 242 g/mol. The molecular formula is C11H11NO4S. The molecule has 0 aliphatic carbocycles. The summed E-state index contributed by atoms with van der Waals surface area (Å²) in [5, 5.41) is 9.76. The zero-order valence-corrected chi connectivity index (χ0v) is 9.94. The number of hydrogen-bond donors (Lipinski definition) is 1. The van der Waals surface area contributed by atoms with Gasteiger partial charge in [0.05, 0.1) is 0 Å². The molecule has 2 aromatic rings. The summed E-state index contributed by atoms with van der Waals surface area (Å²) in [5.74, 6) is -1.47. The zero-order valence-electron chi connectivity index (χ0n) is 9.12. The van der Waals surface area contributed by atoms with E-state index in [0.29, 0.717) is 10.9 Å². The summed E-state index contributed by atoms with van der Waals surface area (Å²) in [6.45, 7) is 0. The van der Waals surface area contributed by atoms with E-state index < -0.39 is 15.8 Å². The number of nitrogens with zero attached hydrogens (tertiary/aromatic N) is 1. The minimum absolute atomic E-state index is 0.0170. The molecule has 2 rings (SSSR count). The SMILES string of the molecule is CS(=O)(=O)Cn1c(C(=O)O)cc2ccccc21. The fraction of sp³-hybridized carbons (Fsp3) is 0.182. The van der Waals surface area contributed by atoms with Gasteiger partial charge in [0.1, 0.15) is 11.6 Å². The van der Waals surface area contributed by atoms with E-state index in [1.165, 1.54) is 10.6 Å². The van der Waals surface area contributed by atoms with Crippen LogP contribution in [0, 0.1) is 0 Å². The third-order valence-electron chi connectivity index (χ3n) is 2.39. The molecule has 0 atom stereocenters. The van der Waals surface area contributed by atoms with Crippen molar-refractivity contribution in [3.8, 4) is 0 Å². The molecule has 0 bridgehead atoms. The highest BCUT2D eigenvalue weighted by atomic mass is 32.2. The van der Waals surface area contributed by atoms with Crippen molar-refractivity contribution >= 4 is 26.7 Å². The molecule has 1 aromatic carbocycles. The molecule has 1 heterocycles. The Morgan fingerprint density at radius 3 is 2.59 bits per heavy atom. The maximum Gasteiger partial charge on any atom is 0.352 e. The molecule has 0 saturated heterocycles. The second-order valence-corrected chi connectivity index (χ2v) is 5.99. The second-order valence-electron chi connectivity index (χ2n) is 3.88. The van der Waals surface area contributed by atoms with Crippen molar-refractivity contribution < 1.29 is 18.3 Å². The Labute approximate surface area is 98.2 Å². The van der Waals surface area contributed by atoms with Crippen molar-refractivity contribution in [2.75, 3.05) is 6.26 Å². The molecule has 0 saturated carbocycles. The van der Waals surface area contributed by atoms with E-state index in [1.54, 1.807) is 24.3 Å². The van der Waals surface area contributed by atoms with Gasteiger partial charge in [-0.05, 0) is 12.1 Å². The van der Waals surface area contributed by atoms with E-state index in [0.717, 1.165) is 6.26 Å². The van der Waals surface area contributed by atoms with Crippen LogP contribution in [-0.4, -0.2) is 30.3 Å². The fourth-order valence-electron chi connectivity index (χ4n) is 1.76. The standard InChI is InChI=1S/C11H11NO4S/c1-17(15,16)7-12-9-5-3-2-4-8(9)6-10(12)11(13)14/h2-6H,7H2,1H3,(H,13,14). The number of hydrogen-bond acceptors (Lipinski definition) is 3. The quantitative estimate of drug-likeness (QED) is 0.895. The Balaban J connectivity index is 2.72. The summed E-state index contributed by atoms with van der Waals surface area (Å²) in [7, 11) is -3.29. The largest absolute Gasteiger partial charge is 0.477 e. The van der Waals surface area contributed by atoms with Crippen LogP contribution in [0.25, 0.3) is 10.9 Å². The van der Waals surface area contributed by atoms with E-state index in [1.807, 2.05) is 0 Å².